The zero-order chi connectivity index (χ0) is 10.4. The maximum Gasteiger partial charge on any atom is 0.194 e. The number of aromatic nitrogens is 1. The molecule has 2 nitrogen and oxygen atoms in total. The standard InChI is InChI=1S/C11H10BrNOS/c1-6-4-9(15-10(6)12)8-5-14-11-7(8)2-3-13-11/h2-4,8,13H,5H2,1H3. The Morgan fingerprint density at radius 1 is 1.60 bits per heavy atom. The summed E-state index contributed by atoms with van der Waals surface area (Å²) in [4.78, 5) is 4.48. The fourth-order valence-corrected chi connectivity index (χ4v) is 3.59. The predicted octanol–water partition coefficient (Wildman–Crippen LogP) is 3.67. The molecule has 78 valence electrons. The average molecular weight is 284 g/mol. The molecular weight excluding hydrogens is 274 g/mol. The molecule has 0 aromatic carbocycles. The quantitative estimate of drug-likeness (QED) is 0.849. The highest BCUT2D eigenvalue weighted by Gasteiger charge is 2.28. The summed E-state index contributed by atoms with van der Waals surface area (Å²) in [5.41, 5.74) is 2.59. The first-order valence-corrected chi connectivity index (χ1v) is 6.42. The lowest BCUT2D eigenvalue weighted by Gasteiger charge is -2.03. The van der Waals surface area contributed by atoms with E-state index in [9.17, 15) is 0 Å². The maximum atomic E-state index is 5.59. The van der Waals surface area contributed by atoms with E-state index < -0.39 is 0 Å². The van der Waals surface area contributed by atoms with Crippen molar-refractivity contribution in [3.05, 3.63) is 38.1 Å². The molecule has 3 rings (SSSR count). The molecule has 1 atom stereocenters. The van der Waals surface area contributed by atoms with Gasteiger partial charge in [0, 0.05) is 16.6 Å². The topological polar surface area (TPSA) is 25.0 Å². The molecule has 2 aromatic rings. The van der Waals surface area contributed by atoms with Crippen LogP contribution in [0.4, 0.5) is 0 Å². The highest BCUT2D eigenvalue weighted by molar-refractivity contribution is 9.11. The zero-order valence-electron chi connectivity index (χ0n) is 8.21. The molecule has 0 amide bonds. The maximum absolute atomic E-state index is 5.59. The van der Waals surface area contributed by atoms with Crippen molar-refractivity contribution in [2.45, 2.75) is 12.8 Å². The molecule has 0 saturated carbocycles. The second-order valence-electron chi connectivity index (χ2n) is 3.73. The van der Waals surface area contributed by atoms with Crippen molar-refractivity contribution in [3.63, 3.8) is 0 Å². The number of aryl methyl sites for hydroxylation is 1. The number of H-pyrrole nitrogens is 1. The second-order valence-corrected chi connectivity index (χ2v) is 6.13. The third-order valence-corrected chi connectivity index (χ3v) is 4.98. The molecule has 0 aliphatic carbocycles. The van der Waals surface area contributed by atoms with Gasteiger partial charge in [-0.15, -0.1) is 11.3 Å². The number of hydrogen-bond acceptors (Lipinski definition) is 2. The van der Waals surface area contributed by atoms with Crippen molar-refractivity contribution >= 4 is 27.3 Å². The molecule has 3 heterocycles. The third kappa shape index (κ3) is 1.43. The Bertz CT molecular complexity index is 483. The molecule has 4 heteroatoms. The molecule has 0 saturated heterocycles. The summed E-state index contributed by atoms with van der Waals surface area (Å²) < 4.78 is 6.81. The summed E-state index contributed by atoms with van der Waals surface area (Å²) in [5, 5.41) is 0. The molecule has 1 aliphatic heterocycles. The Morgan fingerprint density at radius 3 is 3.20 bits per heavy atom. The molecule has 0 spiro atoms. The summed E-state index contributed by atoms with van der Waals surface area (Å²) in [6, 6.07) is 4.35. The minimum Gasteiger partial charge on any atom is -0.478 e. The molecule has 0 fully saturated rings. The fraction of sp³-hybridized carbons (Fsp3) is 0.273. The van der Waals surface area contributed by atoms with Crippen molar-refractivity contribution in [2.24, 2.45) is 0 Å². The number of ether oxygens (including phenoxy) is 1. The van der Waals surface area contributed by atoms with Crippen LogP contribution >= 0.6 is 27.3 Å². The van der Waals surface area contributed by atoms with E-state index >= 15 is 0 Å². The smallest absolute Gasteiger partial charge is 0.194 e. The normalized spacial score (nSPS) is 18.9. The summed E-state index contributed by atoms with van der Waals surface area (Å²) >= 11 is 5.37. The van der Waals surface area contributed by atoms with E-state index in [1.165, 1.54) is 19.8 Å². The van der Waals surface area contributed by atoms with Crippen LogP contribution < -0.4 is 4.74 Å². The van der Waals surface area contributed by atoms with Gasteiger partial charge in [-0.1, -0.05) is 0 Å². The van der Waals surface area contributed by atoms with Crippen LogP contribution in [0, 0.1) is 6.92 Å². The highest BCUT2D eigenvalue weighted by Crippen LogP contribution is 2.41. The Morgan fingerprint density at radius 2 is 2.47 bits per heavy atom. The van der Waals surface area contributed by atoms with Gasteiger partial charge in [-0.05, 0) is 40.5 Å². The van der Waals surface area contributed by atoms with Crippen LogP contribution in [-0.4, -0.2) is 11.6 Å². The van der Waals surface area contributed by atoms with Gasteiger partial charge in [0.25, 0.3) is 0 Å². The Kier molecular flexibility index (Phi) is 2.14. The summed E-state index contributed by atoms with van der Waals surface area (Å²) in [6.45, 7) is 2.88. The Labute approximate surface area is 100 Å². The van der Waals surface area contributed by atoms with E-state index in [1.54, 1.807) is 11.3 Å². The van der Waals surface area contributed by atoms with Gasteiger partial charge in [0.1, 0.15) is 6.61 Å². The largest absolute Gasteiger partial charge is 0.478 e. The summed E-state index contributed by atoms with van der Waals surface area (Å²) in [6.07, 6.45) is 1.94. The van der Waals surface area contributed by atoms with E-state index in [-0.39, 0.29) is 0 Å². The lowest BCUT2D eigenvalue weighted by Crippen LogP contribution is -2.00. The molecule has 1 unspecified atom stereocenters. The first kappa shape index (κ1) is 9.48. The molecule has 1 aliphatic rings. The molecule has 2 aromatic heterocycles. The van der Waals surface area contributed by atoms with E-state index in [0.29, 0.717) is 5.92 Å². The van der Waals surface area contributed by atoms with Gasteiger partial charge in [-0.25, -0.2) is 0 Å². The molecular formula is C11H10BrNOS. The minimum absolute atomic E-state index is 0.404. The van der Waals surface area contributed by atoms with Gasteiger partial charge >= 0.3 is 0 Å². The van der Waals surface area contributed by atoms with Crippen molar-refractivity contribution in [3.8, 4) is 5.88 Å². The highest BCUT2D eigenvalue weighted by atomic mass is 79.9. The Balaban J connectivity index is 2.03. The van der Waals surface area contributed by atoms with Gasteiger partial charge in [0.15, 0.2) is 5.88 Å². The van der Waals surface area contributed by atoms with Crippen LogP contribution in [0.2, 0.25) is 0 Å². The van der Waals surface area contributed by atoms with E-state index in [1.807, 2.05) is 6.20 Å². The van der Waals surface area contributed by atoms with E-state index in [2.05, 4.69) is 40.0 Å². The number of hydrogen-bond donors (Lipinski definition) is 1. The predicted molar refractivity (Wildman–Crippen MR) is 64.9 cm³/mol. The van der Waals surface area contributed by atoms with E-state index in [0.717, 1.165) is 12.5 Å². The molecule has 1 N–H and O–H groups in total. The van der Waals surface area contributed by atoms with Crippen LogP contribution in [0.25, 0.3) is 0 Å². The lowest BCUT2D eigenvalue weighted by molar-refractivity contribution is 0.333. The van der Waals surface area contributed by atoms with Gasteiger partial charge in [-0.3, -0.25) is 0 Å². The number of aromatic amines is 1. The number of thiophene rings is 1. The zero-order valence-corrected chi connectivity index (χ0v) is 10.6. The summed E-state index contributed by atoms with van der Waals surface area (Å²) in [5.74, 6) is 1.34. The second kappa shape index (κ2) is 3.39. The molecule has 15 heavy (non-hydrogen) atoms. The number of nitrogens with one attached hydrogen (secondary N) is 1. The van der Waals surface area contributed by atoms with Crippen molar-refractivity contribution in [1.29, 1.82) is 0 Å². The van der Waals surface area contributed by atoms with E-state index in [4.69, 9.17) is 4.74 Å². The van der Waals surface area contributed by atoms with Crippen LogP contribution in [0.3, 0.4) is 0 Å². The van der Waals surface area contributed by atoms with Gasteiger partial charge in [0.2, 0.25) is 0 Å². The minimum atomic E-state index is 0.404. The first-order valence-electron chi connectivity index (χ1n) is 4.81. The van der Waals surface area contributed by atoms with Gasteiger partial charge < -0.3 is 9.72 Å². The number of fused-ring (bicyclic) bond motifs is 1. The van der Waals surface area contributed by atoms with Crippen LogP contribution in [0.1, 0.15) is 21.9 Å². The lowest BCUT2D eigenvalue weighted by atomic mass is 10.0. The van der Waals surface area contributed by atoms with Crippen LogP contribution in [-0.2, 0) is 0 Å². The average Bonchev–Trinajstić information content (AvgIpc) is 2.81. The number of halogens is 1. The fourth-order valence-electron chi connectivity index (χ4n) is 1.91. The van der Waals surface area contributed by atoms with Crippen molar-refractivity contribution in [2.75, 3.05) is 6.61 Å². The molecule has 0 radical (unpaired) electrons. The molecule has 0 bridgehead atoms. The van der Waals surface area contributed by atoms with Gasteiger partial charge in [0.05, 0.1) is 9.70 Å². The van der Waals surface area contributed by atoms with Crippen molar-refractivity contribution in [1.82, 2.24) is 4.98 Å². The van der Waals surface area contributed by atoms with Crippen LogP contribution in [0.15, 0.2) is 22.1 Å². The van der Waals surface area contributed by atoms with Crippen molar-refractivity contribution < 1.29 is 4.74 Å². The first-order chi connectivity index (χ1) is 7.25. The van der Waals surface area contributed by atoms with Gasteiger partial charge in [-0.2, -0.15) is 0 Å². The SMILES string of the molecule is Cc1cc(C2COc3[nH]ccc32)sc1Br. The number of rotatable bonds is 1. The van der Waals surface area contributed by atoms with Crippen LogP contribution in [0.5, 0.6) is 5.88 Å². The monoisotopic (exact) mass is 283 g/mol. The third-order valence-electron chi connectivity index (χ3n) is 2.73. The Hall–Kier alpha value is -0.740. The summed E-state index contributed by atoms with van der Waals surface area (Å²) in [7, 11) is 0.